The Morgan fingerprint density at radius 1 is 1.13 bits per heavy atom. The van der Waals surface area contributed by atoms with Gasteiger partial charge in [-0.3, -0.25) is 0 Å². The maximum absolute atomic E-state index is 6.02. The van der Waals surface area contributed by atoms with Gasteiger partial charge in [-0.15, -0.1) is 0 Å². The molecule has 1 unspecified atom stereocenters. The van der Waals surface area contributed by atoms with Crippen molar-refractivity contribution in [3.63, 3.8) is 0 Å². The third kappa shape index (κ3) is 6.91. The van der Waals surface area contributed by atoms with E-state index in [4.69, 9.17) is 5.73 Å². The van der Waals surface area contributed by atoms with E-state index in [0.717, 1.165) is 19.5 Å². The van der Waals surface area contributed by atoms with E-state index in [2.05, 4.69) is 46.9 Å². The Bertz CT molecular complexity index is 162. The lowest BCUT2D eigenvalue weighted by Gasteiger charge is -2.30. The van der Waals surface area contributed by atoms with Gasteiger partial charge in [-0.05, 0) is 23.7 Å². The first-order valence-electron chi connectivity index (χ1n) is 6.22. The summed E-state index contributed by atoms with van der Waals surface area (Å²) in [6.07, 6.45) is 1.11. The normalized spacial score (nSPS) is 15.0. The summed E-state index contributed by atoms with van der Waals surface area (Å²) < 4.78 is 0. The molecule has 0 aromatic carbocycles. The van der Waals surface area contributed by atoms with Gasteiger partial charge in [-0.1, -0.05) is 41.5 Å². The third-order valence-corrected chi connectivity index (χ3v) is 3.32. The molecule has 0 saturated carbocycles. The van der Waals surface area contributed by atoms with E-state index in [-0.39, 0.29) is 0 Å². The van der Waals surface area contributed by atoms with E-state index < -0.39 is 0 Å². The molecule has 0 amide bonds. The fourth-order valence-electron chi connectivity index (χ4n) is 1.47. The van der Waals surface area contributed by atoms with Crippen molar-refractivity contribution < 1.29 is 0 Å². The number of rotatable bonds is 7. The van der Waals surface area contributed by atoms with Gasteiger partial charge in [0.1, 0.15) is 0 Å². The maximum Gasteiger partial charge on any atom is 0.0167 e. The average molecular weight is 214 g/mol. The van der Waals surface area contributed by atoms with E-state index in [1.807, 2.05) is 0 Å². The predicted molar refractivity (Wildman–Crippen MR) is 68.9 cm³/mol. The molecular formula is C13H30N2. The van der Waals surface area contributed by atoms with Crippen LogP contribution in [-0.4, -0.2) is 19.1 Å². The zero-order chi connectivity index (χ0) is 12.1. The van der Waals surface area contributed by atoms with Crippen LogP contribution in [-0.2, 0) is 0 Å². The molecule has 15 heavy (non-hydrogen) atoms. The minimum absolute atomic E-state index is 0.299. The molecule has 92 valence electrons. The lowest BCUT2D eigenvalue weighted by atomic mass is 9.81. The summed E-state index contributed by atoms with van der Waals surface area (Å²) >= 11 is 0. The van der Waals surface area contributed by atoms with Crippen molar-refractivity contribution in [2.45, 2.75) is 54.0 Å². The van der Waals surface area contributed by atoms with Gasteiger partial charge in [0.2, 0.25) is 0 Å². The van der Waals surface area contributed by atoms with E-state index in [9.17, 15) is 0 Å². The molecule has 0 heterocycles. The molecule has 0 aromatic rings. The third-order valence-electron chi connectivity index (χ3n) is 3.32. The highest BCUT2D eigenvalue weighted by atomic mass is 14.9. The summed E-state index contributed by atoms with van der Waals surface area (Å²) in [5.41, 5.74) is 6.38. The summed E-state index contributed by atoms with van der Waals surface area (Å²) in [4.78, 5) is 0. The molecule has 0 saturated heterocycles. The molecule has 0 aliphatic rings. The van der Waals surface area contributed by atoms with Gasteiger partial charge in [0.25, 0.3) is 0 Å². The highest BCUT2D eigenvalue weighted by Gasteiger charge is 2.21. The zero-order valence-corrected chi connectivity index (χ0v) is 11.4. The van der Waals surface area contributed by atoms with Crippen LogP contribution >= 0.6 is 0 Å². The van der Waals surface area contributed by atoms with Gasteiger partial charge < -0.3 is 11.1 Å². The predicted octanol–water partition coefficient (Wildman–Crippen LogP) is 2.63. The van der Waals surface area contributed by atoms with Crippen LogP contribution in [0.2, 0.25) is 0 Å². The lowest BCUT2D eigenvalue weighted by molar-refractivity contribution is 0.235. The van der Waals surface area contributed by atoms with Crippen LogP contribution in [0.4, 0.5) is 0 Å². The van der Waals surface area contributed by atoms with Gasteiger partial charge in [0.15, 0.2) is 0 Å². The largest absolute Gasteiger partial charge is 0.327 e. The molecular weight excluding hydrogens is 184 g/mol. The molecule has 0 aliphatic heterocycles. The molecule has 0 aromatic heterocycles. The summed E-state index contributed by atoms with van der Waals surface area (Å²) in [7, 11) is 0. The van der Waals surface area contributed by atoms with Gasteiger partial charge in [0, 0.05) is 19.1 Å². The lowest BCUT2D eigenvalue weighted by Crippen LogP contribution is -2.40. The van der Waals surface area contributed by atoms with Crippen LogP contribution < -0.4 is 11.1 Å². The molecule has 0 aliphatic carbocycles. The minimum atomic E-state index is 0.299. The SMILES string of the molecule is CC(C)CC(N)CNCC(C)(C)C(C)C. The Morgan fingerprint density at radius 2 is 1.67 bits per heavy atom. The standard InChI is InChI=1S/C13H30N2/c1-10(2)7-12(14)8-15-9-13(5,6)11(3)4/h10-12,15H,7-9,14H2,1-6H3. The fraction of sp³-hybridized carbons (Fsp3) is 1.00. The number of hydrogen-bond acceptors (Lipinski definition) is 2. The monoisotopic (exact) mass is 214 g/mol. The molecule has 0 fully saturated rings. The van der Waals surface area contributed by atoms with Gasteiger partial charge in [0.05, 0.1) is 0 Å². The second-order valence-electron chi connectivity index (χ2n) is 6.16. The molecule has 2 heteroatoms. The smallest absolute Gasteiger partial charge is 0.0167 e. The van der Waals surface area contributed by atoms with Crippen LogP contribution in [0.3, 0.4) is 0 Å². The van der Waals surface area contributed by atoms with Gasteiger partial charge in [-0.2, -0.15) is 0 Å². The molecule has 0 radical (unpaired) electrons. The van der Waals surface area contributed by atoms with Crippen molar-refractivity contribution in [1.82, 2.24) is 5.32 Å². The van der Waals surface area contributed by atoms with Gasteiger partial charge >= 0.3 is 0 Å². The maximum atomic E-state index is 6.02. The van der Waals surface area contributed by atoms with Crippen molar-refractivity contribution in [1.29, 1.82) is 0 Å². The topological polar surface area (TPSA) is 38.0 Å². The van der Waals surface area contributed by atoms with Crippen LogP contribution in [0.15, 0.2) is 0 Å². The van der Waals surface area contributed by atoms with Gasteiger partial charge in [-0.25, -0.2) is 0 Å². The number of nitrogens with one attached hydrogen (secondary N) is 1. The molecule has 0 spiro atoms. The number of hydrogen-bond donors (Lipinski definition) is 2. The second kappa shape index (κ2) is 6.49. The molecule has 2 nitrogen and oxygen atoms in total. The highest BCUT2D eigenvalue weighted by Crippen LogP contribution is 2.24. The van der Waals surface area contributed by atoms with Crippen molar-refractivity contribution in [2.24, 2.45) is 23.0 Å². The van der Waals surface area contributed by atoms with Crippen molar-refractivity contribution in [3.05, 3.63) is 0 Å². The van der Waals surface area contributed by atoms with E-state index in [1.54, 1.807) is 0 Å². The first-order valence-corrected chi connectivity index (χ1v) is 6.22. The molecule has 3 N–H and O–H groups in total. The Kier molecular flexibility index (Phi) is 6.46. The minimum Gasteiger partial charge on any atom is -0.327 e. The average Bonchev–Trinajstić information content (AvgIpc) is 2.01. The van der Waals surface area contributed by atoms with Crippen molar-refractivity contribution in [2.75, 3.05) is 13.1 Å². The van der Waals surface area contributed by atoms with Crippen LogP contribution in [0, 0.1) is 17.3 Å². The fourth-order valence-corrected chi connectivity index (χ4v) is 1.47. The quantitative estimate of drug-likeness (QED) is 0.684. The van der Waals surface area contributed by atoms with Crippen molar-refractivity contribution >= 4 is 0 Å². The van der Waals surface area contributed by atoms with Crippen LogP contribution in [0.25, 0.3) is 0 Å². The van der Waals surface area contributed by atoms with E-state index in [1.165, 1.54) is 0 Å². The summed E-state index contributed by atoms with van der Waals surface area (Å²) in [5.74, 6) is 1.39. The van der Waals surface area contributed by atoms with Crippen LogP contribution in [0.5, 0.6) is 0 Å². The number of nitrogens with two attached hydrogens (primary N) is 1. The summed E-state index contributed by atoms with van der Waals surface area (Å²) in [6.45, 7) is 15.6. The highest BCUT2D eigenvalue weighted by molar-refractivity contribution is 4.76. The molecule has 0 bridgehead atoms. The summed E-state index contributed by atoms with van der Waals surface area (Å²) in [6, 6.07) is 0.299. The Hall–Kier alpha value is -0.0800. The second-order valence-corrected chi connectivity index (χ2v) is 6.16. The Labute approximate surface area is 96.0 Å². The Balaban J connectivity index is 3.70. The summed E-state index contributed by atoms with van der Waals surface area (Å²) in [5, 5.41) is 3.49. The van der Waals surface area contributed by atoms with Crippen LogP contribution in [0.1, 0.15) is 48.0 Å². The first-order chi connectivity index (χ1) is 6.75. The van der Waals surface area contributed by atoms with Crippen molar-refractivity contribution in [3.8, 4) is 0 Å². The van der Waals surface area contributed by atoms with E-state index in [0.29, 0.717) is 23.3 Å². The van der Waals surface area contributed by atoms with E-state index >= 15 is 0 Å². The first kappa shape index (κ1) is 14.9. The molecule has 1 atom stereocenters. The Morgan fingerprint density at radius 3 is 2.07 bits per heavy atom. The zero-order valence-electron chi connectivity index (χ0n) is 11.4. The molecule has 0 rings (SSSR count).